The topological polar surface area (TPSA) is 79.9 Å². The Morgan fingerprint density at radius 1 is 0.920 bits per heavy atom. The summed E-state index contributed by atoms with van der Waals surface area (Å²) in [6.45, 7) is 0. The first-order chi connectivity index (χ1) is 12.0. The lowest BCUT2D eigenvalue weighted by Gasteiger charge is -2.11. The first kappa shape index (κ1) is 16.8. The normalized spacial score (nSPS) is 11.8. The van der Waals surface area contributed by atoms with Crippen molar-refractivity contribution in [2.45, 2.75) is 4.90 Å². The van der Waals surface area contributed by atoms with Crippen molar-refractivity contribution >= 4 is 27.1 Å². The van der Waals surface area contributed by atoms with Gasteiger partial charge in [-0.25, -0.2) is 0 Å². The summed E-state index contributed by atoms with van der Waals surface area (Å²) >= 11 is 0. The molecule has 0 bridgehead atoms. The van der Waals surface area contributed by atoms with E-state index in [1.807, 2.05) is 43.3 Å². The summed E-state index contributed by atoms with van der Waals surface area (Å²) in [5, 5.41) is 12.1. The van der Waals surface area contributed by atoms with Gasteiger partial charge in [-0.1, -0.05) is 0 Å². The van der Waals surface area contributed by atoms with Gasteiger partial charge in [0.05, 0.1) is 22.5 Å². The van der Waals surface area contributed by atoms with Gasteiger partial charge >= 0.3 is 0 Å². The molecule has 0 atom stereocenters. The fourth-order valence-corrected chi connectivity index (χ4v) is 3.23. The minimum atomic E-state index is -3.66. The summed E-state index contributed by atoms with van der Waals surface area (Å²) in [6, 6.07) is 15.4. The van der Waals surface area contributed by atoms with Crippen LogP contribution in [0.5, 0.6) is 0 Å². The number of hydrogen-bond donors (Lipinski definition) is 0. The molecule has 0 unspecified atom stereocenters. The van der Waals surface area contributed by atoms with Crippen molar-refractivity contribution in [2.24, 2.45) is 10.2 Å². The Morgan fingerprint density at radius 3 is 1.96 bits per heavy atom. The van der Waals surface area contributed by atoms with Gasteiger partial charge in [-0.3, -0.25) is 0 Å². The second-order valence-corrected chi connectivity index (χ2v) is 7.28. The van der Waals surface area contributed by atoms with Crippen LogP contribution < -0.4 is 4.90 Å². The molecule has 0 amide bonds. The Hall–Kier alpha value is -3.00. The molecule has 2 aromatic carbocycles. The summed E-state index contributed by atoms with van der Waals surface area (Å²) < 4.78 is 25.6. The van der Waals surface area contributed by atoms with Gasteiger partial charge < -0.3 is 4.90 Å². The van der Waals surface area contributed by atoms with Gasteiger partial charge in [-0.15, -0.1) is 0 Å². The molecule has 7 nitrogen and oxygen atoms in total. The van der Waals surface area contributed by atoms with Gasteiger partial charge in [0.2, 0.25) is 0 Å². The van der Waals surface area contributed by atoms with E-state index in [0.717, 1.165) is 15.5 Å². The molecular formula is C17H17N5O2S. The molecule has 0 saturated carbocycles. The summed E-state index contributed by atoms with van der Waals surface area (Å²) in [6.07, 6.45) is 2.81. The van der Waals surface area contributed by atoms with E-state index in [0.29, 0.717) is 5.69 Å². The molecule has 0 N–H and O–H groups in total. The van der Waals surface area contributed by atoms with Crippen molar-refractivity contribution in [3.8, 4) is 0 Å². The molecule has 3 rings (SSSR count). The fourth-order valence-electron chi connectivity index (χ4n) is 2.12. The van der Waals surface area contributed by atoms with Crippen LogP contribution in [-0.4, -0.2) is 31.7 Å². The van der Waals surface area contributed by atoms with Gasteiger partial charge in [0.1, 0.15) is 0 Å². The number of rotatable bonds is 5. The highest BCUT2D eigenvalue weighted by molar-refractivity contribution is 7.89. The van der Waals surface area contributed by atoms with Gasteiger partial charge in [0, 0.05) is 26.0 Å². The van der Waals surface area contributed by atoms with Crippen LogP contribution in [0.25, 0.3) is 0 Å². The zero-order valence-electron chi connectivity index (χ0n) is 13.8. The Labute approximate surface area is 146 Å². The third-order valence-corrected chi connectivity index (χ3v) is 5.08. The minimum absolute atomic E-state index is 0.144. The molecule has 0 aliphatic carbocycles. The zero-order chi connectivity index (χ0) is 17.9. The molecule has 0 spiro atoms. The van der Waals surface area contributed by atoms with E-state index < -0.39 is 10.0 Å². The molecule has 0 aliphatic heterocycles. The number of aromatic nitrogens is 2. The molecular weight excluding hydrogens is 338 g/mol. The van der Waals surface area contributed by atoms with E-state index in [2.05, 4.69) is 15.3 Å². The van der Waals surface area contributed by atoms with Crippen molar-refractivity contribution in [3.63, 3.8) is 0 Å². The standard InChI is InChI=1S/C17H17N5O2S/c1-21(2)16-8-4-14(5-9-16)19-20-15-6-10-17(11-7-15)25(23,24)22-13-3-12-18-22/h3-13H,1-2H3. The maximum absolute atomic E-state index is 12.3. The highest BCUT2D eigenvalue weighted by Crippen LogP contribution is 2.22. The largest absolute Gasteiger partial charge is 0.378 e. The molecule has 1 aromatic heterocycles. The monoisotopic (exact) mass is 355 g/mol. The predicted octanol–water partition coefficient (Wildman–Crippen LogP) is 3.60. The van der Waals surface area contributed by atoms with Crippen molar-refractivity contribution in [3.05, 3.63) is 67.0 Å². The minimum Gasteiger partial charge on any atom is -0.378 e. The fraction of sp³-hybridized carbons (Fsp3) is 0.118. The Bertz CT molecular complexity index is 961. The lowest BCUT2D eigenvalue weighted by atomic mass is 10.3. The van der Waals surface area contributed by atoms with Gasteiger partial charge in [0.25, 0.3) is 10.0 Å². The Kier molecular flexibility index (Phi) is 4.62. The first-order valence-electron chi connectivity index (χ1n) is 7.51. The number of hydrogen-bond acceptors (Lipinski definition) is 6. The number of benzene rings is 2. The van der Waals surface area contributed by atoms with Crippen LogP contribution >= 0.6 is 0 Å². The van der Waals surface area contributed by atoms with Crippen LogP contribution in [0.3, 0.4) is 0 Å². The van der Waals surface area contributed by atoms with Crippen LogP contribution in [0.1, 0.15) is 0 Å². The average molecular weight is 355 g/mol. The molecule has 1 heterocycles. The van der Waals surface area contributed by atoms with Crippen molar-refractivity contribution in [1.82, 2.24) is 9.19 Å². The molecule has 128 valence electrons. The molecule has 0 aliphatic rings. The summed E-state index contributed by atoms with van der Waals surface area (Å²) in [4.78, 5) is 2.14. The smallest absolute Gasteiger partial charge is 0.282 e. The molecule has 0 radical (unpaired) electrons. The molecule has 8 heteroatoms. The highest BCUT2D eigenvalue weighted by Gasteiger charge is 2.16. The number of azo groups is 1. The lowest BCUT2D eigenvalue weighted by Crippen LogP contribution is -2.13. The van der Waals surface area contributed by atoms with E-state index in [1.165, 1.54) is 24.5 Å². The SMILES string of the molecule is CN(C)c1ccc(N=Nc2ccc(S(=O)(=O)n3cccn3)cc2)cc1. The van der Waals surface area contributed by atoms with E-state index in [1.54, 1.807) is 18.2 Å². The van der Waals surface area contributed by atoms with E-state index in [4.69, 9.17) is 0 Å². The van der Waals surface area contributed by atoms with Crippen LogP contribution in [0.4, 0.5) is 17.1 Å². The Balaban J connectivity index is 1.76. The van der Waals surface area contributed by atoms with Crippen LogP contribution in [0.2, 0.25) is 0 Å². The third-order valence-electron chi connectivity index (χ3n) is 3.51. The summed E-state index contributed by atoms with van der Waals surface area (Å²) in [7, 11) is 0.271. The first-order valence-corrected chi connectivity index (χ1v) is 8.95. The van der Waals surface area contributed by atoms with E-state index in [-0.39, 0.29) is 4.90 Å². The van der Waals surface area contributed by atoms with Crippen LogP contribution in [0.15, 0.2) is 82.1 Å². The van der Waals surface area contributed by atoms with Crippen molar-refractivity contribution in [2.75, 3.05) is 19.0 Å². The number of nitrogens with zero attached hydrogens (tertiary/aromatic N) is 5. The summed E-state index contributed by atoms with van der Waals surface area (Å²) in [5.74, 6) is 0. The number of anilines is 1. The van der Waals surface area contributed by atoms with Crippen LogP contribution in [-0.2, 0) is 10.0 Å². The third kappa shape index (κ3) is 3.74. The van der Waals surface area contributed by atoms with Gasteiger partial charge in [-0.2, -0.15) is 27.8 Å². The molecule has 0 saturated heterocycles. The van der Waals surface area contributed by atoms with Crippen molar-refractivity contribution < 1.29 is 8.42 Å². The van der Waals surface area contributed by atoms with Gasteiger partial charge in [-0.05, 0) is 54.6 Å². The van der Waals surface area contributed by atoms with E-state index in [9.17, 15) is 8.42 Å². The quantitative estimate of drug-likeness (QED) is 0.655. The maximum atomic E-state index is 12.3. The summed E-state index contributed by atoms with van der Waals surface area (Å²) in [5.41, 5.74) is 2.36. The van der Waals surface area contributed by atoms with Crippen LogP contribution in [0, 0.1) is 0 Å². The zero-order valence-corrected chi connectivity index (χ0v) is 14.6. The second-order valence-electron chi connectivity index (χ2n) is 5.49. The average Bonchev–Trinajstić information content (AvgIpc) is 3.16. The Morgan fingerprint density at radius 2 is 1.48 bits per heavy atom. The predicted molar refractivity (Wildman–Crippen MR) is 96.2 cm³/mol. The molecule has 3 aromatic rings. The van der Waals surface area contributed by atoms with Gasteiger partial charge in [0.15, 0.2) is 0 Å². The van der Waals surface area contributed by atoms with Crippen molar-refractivity contribution in [1.29, 1.82) is 0 Å². The maximum Gasteiger partial charge on any atom is 0.282 e. The highest BCUT2D eigenvalue weighted by atomic mass is 32.2. The molecule has 25 heavy (non-hydrogen) atoms. The molecule has 0 fully saturated rings. The second kappa shape index (κ2) is 6.86. The lowest BCUT2D eigenvalue weighted by molar-refractivity contribution is 0.580. The van der Waals surface area contributed by atoms with E-state index >= 15 is 0 Å².